The Morgan fingerprint density at radius 1 is 0.0244 bits per heavy atom. The van der Waals surface area contributed by atoms with Gasteiger partial charge in [0.15, 0.2) is 0 Å². The first kappa shape index (κ1) is 924. The first-order chi connectivity index (χ1) is 0. The number of hydrogen-bond acceptors (Lipinski definition) is 0. The van der Waals surface area contributed by atoms with Gasteiger partial charge in [0.25, 0.3) is 0 Å². The van der Waals surface area contributed by atoms with Crippen LogP contribution in [0.1, 0.15) is 0 Å². The molecule has 0 nitrogen and oxygen atoms in total. The molecule has 82 heteroatoms. The van der Waals surface area contributed by atoms with Crippen LogP contribution >= 0.6 is 0 Å². The van der Waals surface area contributed by atoms with E-state index in [1.807, 2.05) is 0 Å². The van der Waals surface area contributed by atoms with Gasteiger partial charge in [0.05, 0.1) is 0 Å². The summed E-state index contributed by atoms with van der Waals surface area (Å²) in [7, 11) is 0. The molecule has 0 saturated carbocycles. The molecule has 82 heavy (non-hydrogen) atoms. The molecule has 0 aromatic rings. The molecular formula is As42Ga40-6. The molecule has 0 heterocycles. The smallest absolute Gasteiger partial charge is 3.00 e. The molecule has 0 radical (unpaired) electrons. The maximum absolute atomic E-state index is 0. The minimum atomic E-state index is 0. The normalized spacial score (nSPS) is 0. The molecule has 0 unspecified atom stereocenters. The third-order valence-corrected chi connectivity index (χ3v) is 0. The minimum absolute atomic E-state index is 0. The fourth-order valence-electron chi connectivity index (χ4n) is 0. The van der Waals surface area contributed by atoms with Crippen molar-refractivity contribution >= 4 is 1550 Å². The largest absolute Gasteiger partial charge is 3.00 e. The Labute approximate surface area is 1500 Å². The summed E-state index contributed by atoms with van der Waals surface area (Å²) in [5, 5.41) is 0. The first-order valence-electron chi connectivity index (χ1n) is 0. The van der Waals surface area contributed by atoms with E-state index in [9.17, 15) is 0 Å². The molecule has 0 aromatic heterocycles. The molecule has 0 rings (SSSR count). The van der Waals surface area contributed by atoms with Gasteiger partial charge in [-0.15, -0.1) is 0 Å². The van der Waals surface area contributed by atoms with Gasteiger partial charge in [-0.25, -0.2) is 0 Å². The van der Waals surface area contributed by atoms with E-state index in [4.69, 9.17) is 0 Å². The van der Waals surface area contributed by atoms with Gasteiger partial charge >= 0.3 is 792 Å². The van der Waals surface area contributed by atoms with Crippen molar-refractivity contribution in [3.63, 3.8) is 0 Å². The van der Waals surface area contributed by atoms with E-state index < -0.39 is 0 Å². The molecule has 0 aliphatic heterocycles. The van der Waals surface area contributed by atoms with Crippen LogP contribution in [0.15, 0.2) is 0 Å². The Kier molecular flexibility index (Phi) is 10200. The average Bonchev–Trinajstić information content (AvgIpc) is 0. The molecule has 0 atom stereocenters. The molecule has 0 spiro atoms. The van der Waals surface area contributed by atoms with Crippen molar-refractivity contribution in [2.75, 3.05) is 0 Å². The summed E-state index contributed by atoms with van der Waals surface area (Å²) in [4.78, 5) is 0. The van der Waals surface area contributed by atoms with Crippen molar-refractivity contribution in [2.45, 2.75) is 0 Å². The Balaban J connectivity index is 0. The van der Waals surface area contributed by atoms with E-state index in [1.54, 1.807) is 0 Å². The third-order valence-electron chi connectivity index (χ3n) is 0. The van der Waals surface area contributed by atoms with Gasteiger partial charge in [-0.1, -0.05) is 0 Å². The van der Waals surface area contributed by atoms with Crippen LogP contribution in [0, 0.1) is 0 Å². The summed E-state index contributed by atoms with van der Waals surface area (Å²) in [5.41, 5.74) is 0. The topological polar surface area (TPSA) is 0 Å². The quantitative estimate of drug-likeness (QED) is 0.212. The molecule has 336 valence electrons. The van der Waals surface area contributed by atoms with E-state index in [0.717, 1.165) is 0 Å². The van der Waals surface area contributed by atoms with E-state index >= 15 is 0 Å². The third kappa shape index (κ3) is 882. The van der Waals surface area contributed by atoms with Crippen LogP contribution < -0.4 is 0 Å². The van der Waals surface area contributed by atoms with Gasteiger partial charge < -0.3 is 754 Å². The van der Waals surface area contributed by atoms with Crippen LogP contribution in [0.3, 0.4) is 0 Å². The van der Waals surface area contributed by atoms with Crippen molar-refractivity contribution < 1.29 is 0 Å². The molecule has 0 N–H and O–H groups in total. The van der Waals surface area contributed by atoms with Gasteiger partial charge in [-0.3, -0.25) is 0 Å². The minimum Gasteiger partial charge on any atom is -3.00 e. The average molecular weight is 5940 g/mol. The second kappa shape index (κ2) is 902. The van der Waals surface area contributed by atoms with Gasteiger partial charge in [0, 0.05) is 0 Å². The van der Waals surface area contributed by atoms with E-state index in [-0.39, 0.29) is 1550 Å². The molecule has 0 saturated heterocycles. The zero-order valence-corrected chi connectivity index (χ0v) is 218. The van der Waals surface area contributed by atoms with Gasteiger partial charge in [0.2, 0.25) is 0 Å². The molecule has 0 amide bonds. The van der Waals surface area contributed by atoms with Crippen molar-refractivity contribution in [1.29, 1.82) is 0 Å². The van der Waals surface area contributed by atoms with E-state index in [2.05, 4.69) is 0 Å². The standard InChI is InChI=1S/42As.40Ga/q42*-3;40*+3. The maximum atomic E-state index is 0. The molecule has 0 bridgehead atoms. The zero-order valence-electron chi connectivity index (χ0n) is 41.9. The maximum Gasteiger partial charge on any atom is 3.00 e. The predicted molar refractivity (Wildman–Crippen MR) is 472 cm³/mol. The summed E-state index contributed by atoms with van der Waals surface area (Å²) < 4.78 is 0. The Morgan fingerprint density at radius 3 is 0.0244 bits per heavy atom. The van der Waals surface area contributed by atoms with Crippen LogP contribution in [0.2, 0.25) is 0 Å². The van der Waals surface area contributed by atoms with Crippen LogP contribution in [-0.2, 0) is 0 Å². The van der Waals surface area contributed by atoms with Crippen LogP contribution in [0.25, 0.3) is 0 Å². The van der Waals surface area contributed by atoms with Crippen molar-refractivity contribution in [3.05, 3.63) is 0 Å². The van der Waals surface area contributed by atoms with Crippen molar-refractivity contribution in [3.8, 4) is 0 Å². The van der Waals surface area contributed by atoms with Gasteiger partial charge in [0.1, 0.15) is 0 Å². The van der Waals surface area contributed by atoms with Crippen LogP contribution in [0.5, 0.6) is 0 Å². The predicted octanol–water partition coefficient (Wildman–Crippen LogP) is -31.2. The molecule has 0 aliphatic carbocycles. The van der Waals surface area contributed by atoms with Crippen molar-refractivity contribution in [2.24, 2.45) is 0 Å². The monoisotopic (exact) mass is 5900 g/mol. The van der Waals surface area contributed by atoms with Crippen LogP contribution in [0.4, 0.5) is 0 Å². The van der Waals surface area contributed by atoms with Gasteiger partial charge in [-0.2, -0.15) is 0 Å². The summed E-state index contributed by atoms with van der Waals surface area (Å²) in [6.45, 7) is 0. The molecule has 0 aliphatic rings. The zero-order chi connectivity index (χ0) is 0. The summed E-state index contributed by atoms with van der Waals surface area (Å²) in [5.74, 6) is 0. The Bertz CT molecular complexity index is 82.0. The van der Waals surface area contributed by atoms with Gasteiger partial charge in [-0.05, 0) is 0 Å². The summed E-state index contributed by atoms with van der Waals surface area (Å²) in [6.07, 6.45) is 0. The summed E-state index contributed by atoms with van der Waals surface area (Å²) in [6, 6.07) is 0. The van der Waals surface area contributed by atoms with Crippen LogP contribution in [-0.4, -0.2) is 1550 Å². The van der Waals surface area contributed by atoms with Crippen molar-refractivity contribution in [1.82, 2.24) is 0 Å². The molecule has 0 fully saturated rings. The fourth-order valence-corrected chi connectivity index (χ4v) is 0. The van der Waals surface area contributed by atoms with E-state index in [0.29, 0.717) is 0 Å². The Hall–Kier alpha value is 48.9. The second-order valence-electron chi connectivity index (χ2n) is 0. The first-order valence-corrected chi connectivity index (χ1v) is 0. The summed E-state index contributed by atoms with van der Waals surface area (Å²) >= 11 is 0. The number of rotatable bonds is 0. The number of hydrogen-bond donors (Lipinski definition) is 0. The fraction of sp³-hybridized carbons (Fsp3) is 0. The molecular weight excluding hydrogens is 5940 g/mol. The van der Waals surface area contributed by atoms with E-state index in [1.165, 1.54) is 0 Å². The Morgan fingerprint density at radius 2 is 0.0244 bits per heavy atom. The molecule has 0 aromatic carbocycles. The SMILES string of the molecule is [As-3].[As-3].[As-3].[As-3].[As-3].[As-3].[As-3].[As-3].[As-3].[As-3].[As-3].[As-3].[As-3].[As-3].[As-3].[As-3].[As-3].[As-3].[As-3].[As-3].[As-3].[As-3].[As-3].[As-3].[As-3].[As-3].[As-3].[As-3].[As-3].[As-3].[As-3].[As-3].[As-3].[As-3].[As-3].[As-3].[As-3].[As-3].[As-3].[As-3].[As-3].[As-3].[Ga+3].[Ga+3].[Ga+3].[Ga+3].[Ga+3].[Ga+3].[Ga+3].[Ga+3].[Ga+3].[Ga+3].[Ga+3].[Ga+3].[Ga+3].[Ga+3].[Ga+3].[Ga+3].[Ga+3].[Ga+3].[Ga+3].[Ga+3].[Ga+3].[Ga+3].[Ga+3].[Ga+3].[Ga+3].[Ga+3].[Ga+3].[Ga+3].[Ga+3].[Ga+3].[Ga+3].[Ga+3].[Ga+3].[Ga+3].[Ga+3].[Ga+3].[Ga+3].[Ga+3].[Ga+3].[Ga+3]. The second-order valence-corrected chi connectivity index (χ2v) is 0.